The number of halogens is 1. The third kappa shape index (κ3) is 3.52. The number of rotatable bonds is 4. The number of likely N-dealkylation sites (tertiary alicyclic amines) is 1. The lowest BCUT2D eigenvalue weighted by Crippen LogP contribution is -2.37. The summed E-state index contributed by atoms with van der Waals surface area (Å²) in [6.45, 7) is 3.89. The summed E-state index contributed by atoms with van der Waals surface area (Å²) in [5, 5.41) is 9.57. The Labute approximate surface area is 128 Å². The molecule has 5 heteroatoms. The molecule has 1 aliphatic heterocycles. The Kier molecular flexibility index (Phi) is 5.05. The number of carbonyl (C=O) groups excluding carboxylic acids is 1. The Morgan fingerprint density at radius 1 is 1.45 bits per heavy atom. The van der Waals surface area contributed by atoms with E-state index in [4.69, 9.17) is 0 Å². The second kappa shape index (κ2) is 6.59. The number of benzene rings is 1. The molecule has 20 heavy (non-hydrogen) atoms. The summed E-state index contributed by atoms with van der Waals surface area (Å²) in [6, 6.07) is 5.72. The van der Waals surface area contributed by atoms with E-state index in [0.717, 1.165) is 41.7 Å². The lowest BCUT2D eigenvalue weighted by atomic mass is 10.1. The number of hydrogen-bond acceptors (Lipinski definition) is 3. The first kappa shape index (κ1) is 15.3. The fraction of sp³-hybridized carbons (Fsp3) is 0.533. The molecule has 1 aliphatic rings. The highest BCUT2D eigenvalue weighted by Gasteiger charge is 2.20. The van der Waals surface area contributed by atoms with E-state index in [1.165, 1.54) is 0 Å². The lowest BCUT2D eigenvalue weighted by molar-refractivity contribution is -0.128. The maximum atomic E-state index is 12.1. The lowest BCUT2D eigenvalue weighted by Gasteiger charge is -2.24. The second-order valence-electron chi connectivity index (χ2n) is 5.33. The van der Waals surface area contributed by atoms with Crippen LogP contribution in [-0.2, 0) is 4.79 Å². The minimum atomic E-state index is -0.489. The van der Waals surface area contributed by atoms with Gasteiger partial charge in [-0.3, -0.25) is 4.79 Å². The molecule has 0 radical (unpaired) electrons. The molecular weight excluding hydrogens is 320 g/mol. The molecule has 1 aromatic rings. The normalized spacial score (nSPS) is 16.3. The molecule has 2 rings (SSSR count). The number of amides is 1. The van der Waals surface area contributed by atoms with Crippen LogP contribution in [0, 0.1) is 0 Å². The maximum Gasteiger partial charge on any atom is 0.242 e. The molecule has 1 unspecified atom stereocenters. The molecule has 0 saturated carbocycles. The number of nitrogens with zero attached hydrogens (tertiary/aromatic N) is 2. The van der Waals surface area contributed by atoms with Crippen molar-refractivity contribution in [3.8, 4) is 0 Å². The Bertz CT molecular complexity index is 485. The highest BCUT2D eigenvalue weighted by Crippen LogP contribution is 2.28. The van der Waals surface area contributed by atoms with Crippen LogP contribution in [0.1, 0.15) is 31.4 Å². The van der Waals surface area contributed by atoms with Gasteiger partial charge in [-0.1, -0.05) is 6.07 Å². The Morgan fingerprint density at radius 3 is 2.65 bits per heavy atom. The van der Waals surface area contributed by atoms with Crippen LogP contribution in [0.2, 0.25) is 0 Å². The number of aliphatic hydroxyl groups is 1. The fourth-order valence-electron chi connectivity index (χ4n) is 2.45. The summed E-state index contributed by atoms with van der Waals surface area (Å²) in [7, 11) is 1.91. The van der Waals surface area contributed by atoms with Gasteiger partial charge < -0.3 is 14.9 Å². The van der Waals surface area contributed by atoms with E-state index in [-0.39, 0.29) is 5.91 Å². The molecule has 1 N–H and O–H groups in total. The van der Waals surface area contributed by atoms with Crippen LogP contribution < -0.4 is 4.90 Å². The van der Waals surface area contributed by atoms with Crippen LogP contribution in [0.25, 0.3) is 0 Å². The maximum absolute atomic E-state index is 12.1. The first-order valence-electron chi connectivity index (χ1n) is 6.95. The topological polar surface area (TPSA) is 43.8 Å². The van der Waals surface area contributed by atoms with Gasteiger partial charge >= 0.3 is 0 Å². The summed E-state index contributed by atoms with van der Waals surface area (Å²) < 4.78 is 0.896. The quantitative estimate of drug-likeness (QED) is 0.915. The van der Waals surface area contributed by atoms with E-state index in [1.54, 1.807) is 6.92 Å². The minimum absolute atomic E-state index is 0.177. The van der Waals surface area contributed by atoms with E-state index in [2.05, 4.69) is 15.9 Å². The summed E-state index contributed by atoms with van der Waals surface area (Å²) in [6.07, 6.45) is 1.74. The van der Waals surface area contributed by atoms with Crippen molar-refractivity contribution in [3.05, 3.63) is 28.2 Å². The molecule has 0 spiro atoms. The Morgan fingerprint density at radius 2 is 2.10 bits per heavy atom. The number of carbonyl (C=O) groups is 1. The zero-order valence-corrected chi connectivity index (χ0v) is 13.6. The second-order valence-corrected chi connectivity index (χ2v) is 6.19. The van der Waals surface area contributed by atoms with Crippen molar-refractivity contribution in [1.82, 2.24) is 4.90 Å². The predicted molar refractivity (Wildman–Crippen MR) is 83.9 cm³/mol. The number of aliphatic hydroxyl groups excluding tert-OH is 1. The molecule has 1 aromatic carbocycles. The third-order valence-corrected chi connectivity index (χ3v) is 4.33. The number of likely N-dealkylation sites (N-methyl/N-ethyl adjacent to an activating group) is 1. The molecule has 0 bridgehead atoms. The zero-order chi connectivity index (χ0) is 14.7. The first-order chi connectivity index (χ1) is 9.49. The van der Waals surface area contributed by atoms with Gasteiger partial charge in [-0.15, -0.1) is 0 Å². The van der Waals surface area contributed by atoms with Gasteiger partial charge in [-0.05, 0) is 53.4 Å². The Balaban J connectivity index is 2.05. The average Bonchev–Trinajstić information content (AvgIpc) is 2.92. The van der Waals surface area contributed by atoms with E-state index in [9.17, 15) is 9.90 Å². The van der Waals surface area contributed by atoms with E-state index in [0.29, 0.717) is 6.54 Å². The first-order valence-corrected chi connectivity index (χ1v) is 7.75. The third-order valence-electron chi connectivity index (χ3n) is 3.70. The molecule has 1 heterocycles. The van der Waals surface area contributed by atoms with Gasteiger partial charge in [0.15, 0.2) is 0 Å². The molecule has 1 atom stereocenters. The van der Waals surface area contributed by atoms with Crippen LogP contribution >= 0.6 is 15.9 Å². The smallest absolute Gasteiger partial charge is 0.242 e. The van der Waals surface area contributed by atoms with Crippen LogP contribution in [-0.4, -0.2) is 42.6 Å². The van der Waals surface area contributed by atoms with Crippen molar-refractivity contribution in [1.29, 1.82) is 0 Å². The minimum Gasteiger partial charge on any atom is -0.389 e. The largest absolute Gasteiger partial charge is 0.389 e. The van der Waals surface area contributed by atoms with Crippen LogP contribution in [0.15, 0.2) is 22.7 Å². The van der Waals surface area contributed by atoms with Crippen molar-refractivity contribution in [2.45, 2.75) is 25.9 Å². The molecule has 1 saturated heterocycles. The van der Waals surface area contributed by atoms with Crippen molar-refractivity contribution < 1.29 is 9.90 Å². The molecule has 1 amide bonds. The van der Waals surface area contributed by atoms with Gasteiger partial charge in [0, 0.05) is 24.6 Å². The number of anilines is 1. The molecule has 0 aliphatic carbocycles. The van der Waals surface area contributed by atoms with Crippen molar-refractivity contribution in [3.63, 3.8) is 0 Å². The van der Waals surface area contributed by atoms with Gasteiger partial charge in [0.2, 0.25) is 5.91 Å². The molecule has 110 valence electrons. The fourth-order valence-corrected chi connectivity index (χ4v) is 3.15. The van der Waals surface area contributed by atoms with Gasteiger partial charge in [-0.25, -0.2) is 0 Å². The zero-order valence-electron chi connectivity index (χ0n) is 12.0. The van der Waals surface area contributed by atoms with E-state index in [1.807, 2.05) is 35.0 Å². The van der Waals surface area contributed by atoms with E-state index < -0.39 is 6.10 Å². The van der Waals surface area contributed by atoms with Crippen LogP contribution in [0.5, 0.6) is 0 Å². The molecule has 1 fully saturated rings. The monoisotopic (exact) mass is 340 g/mol. The van der Waals surface area contributed by atoms with Crippen LogP contribution in [0.4, 0.5) is 5.69 Å². The molecule has 4 nitrogen and oxygen atoms in total. The summed E-state index contributed by atoms with van der Waals surface area (Å²) in [4.78, 5) is 16.0. The summed E-state index contributed by atoms with van der Waals surface area (Å²) in [5.74, 6) is 0.177. The average molecular weight is 341 g/mol. The highest BCUT2D eigenvalue weighted by atomic mass is 79.9. The summed E-state index contributed by atoms with van der Waals surface area (Å²) in [5.41, 5.74) is 1.82. The predicted octanol–water partition coefficient (Wildman–Crippen LogP) is 2.56. The van der Waals surface area contributed by atoms with E-state index >= 15 is 0 Å². The van der Waals surface area contributed by atoms with Crippen molar-refractivity contribution in [2.75, 3.05) is 31.6 Å². The number of hydrogen-bond donors (Lipinski definition) is 1. The molecule has 0 aromatic heterocycles. The SMILES string of the molecule is CC(O)c1ccc(N(C)CC(=O)N2CCCC2)c(Br)c1. The van der Waals surface area contributed by atoms with Crippen LogP contribution in [0.3, 0.4) is 0 Å². The summed E-state index contributed by atoms with van der Waals surface area (Å²) >= 11 is 3.51. The van der Waals surface area contributed by atoms with Gasteiger partial charge in [0.05, 0.1) is 18.3 Å². The highest BCUT2D eigenvalue weighted by molar-refractivity contribution is 9.10. The standard InChI is InChI=1S/C15H21BrN2O2/c1-11(19)12-5-6-14(13(16)9-12)17(2)10-15(20)18-7-3-4-8-18/h5-6,9,11,19H,3-4,7-8,10H2,1-2H3. The van der Waals surface area contributed by atoms with Gasteiger partial charge in [0.1, 0.15) is 0 Å². The van der Waals surface area contributed by atoms with Gasteiger partial charge in [0.25, 0.3) is 0 Å². The van der Waals surface area contributed by atoms with Crippen molar-refractivity contribution >= 4 is 27.5 Å². The Hall–Kier alpha value is -1.07. The molecular formula is C15H21BrN2O2. The van der Waals surface area contributed by atoms with Crippen molar-refractivity contribution in [2.24, 2.45) is 0 Å². The van der Waals surface area contributed by atoms with Gasteiger partial charge in [-0.2, -0.15) is 0 Å².